The standard InChI is InChI=1S/C3H3ClO4S/c4-2(9(7)8)1-3(5)6/h1H2,(H,5,6). The van der Waals surface area contributed by atoms with E-state index in [1.165, 1.54) is 0 Å². The second-order valence-corrected chi connectivity index (χ2v) is 2.80. The summed E-state index contributed by atoms with van der Waals surface area (Å²) in [6.45, 7) is 0. The first kappa shape index (κ1) is 8.45. The van der Waals surface area contributed by atoms with Gasteiger partial charge in [-0.1, -0.05) is 11.6 Å². The maximum atomic E-state index is 9.80. The Bertz CT molecular complexity index is 231. The minimum absolute atomic E-state index is 0.581. The summed E-state index contributed by atoms with van der Waals surface area (Å²) in [6.07, 6.45) is -0.641. The maximum Gasteiger partial charge on any atom is 0.309 e. The average molecular weight is 171 g/mol. The first-order valence-electron chi connectivity index (χ1n) is 1.86. The number of carboxylic acids is 1. The van der Waals surface area contributed by atoms with Crippen LogP contribution in [0.1, 0.15) is 6.42 Å². The molecular formula is C3H3ClO4S. The second-order valence-electron chi connectivity index (χ2n) is 1.16. The molecule has 0 aromatic carbocycles. The van der Waals surface area contributed by atoms with Crippen LogP contribution in [0.4, 0.5) is 0 Å². The molecule has 0 rings (SSSR count). The summed E-state index contributed by atoms with van der Waals surface area (Å²) in [7, 11) is -2.58. The van der Waals surface area contributed by atoms with Gasteiger partial charge in [0.25, 0.3) is 0 Å². The minimum atomic E-state index is -2.58. The highest BCUT2D eigenvalue weighted by atomic mass is 35.5. The van der Waals surface area contributed by atoms with E-state index in [9.17, 15) is 13.2 Å². The summed E-state index contributed by atoms with van der Waals surface area (Å²) in [4.78, 5) is 9.74. The number of halogens is 1. The van der Waals surface area contributed by atoms with Gasteiger partial charge in [0.2, 0.25) is 10.3 Å². The Kier molecular flexibility index (Phi) is 3.26. The molecule has 0 aliphatic rings. The third kappa shape index (κ3) is 3.99. The number of hydrogen-bond donors (Lipinski definition) is 1. The van der Waals surface area contributed by atoms with E-state index in [-0.39, 0.29) is 0 Å². The highest BCUT2D eigenvalue weighted by Crippen LogP contribution is 1.88. The van der Waals surface area contributed by atoms with Crippen molar-refractivity contribution >= 4 is 32.2 Å². The predicted molar refractivity (Wildman–Crippen MR) is 32.0 cm³/mol. The Hall–Kier alpha value is -0.550. The van der Waals surface area contributed by atoms with Crippen LogP contribution in [0.5, 0.6) is 0 Å². The van der Waals surface area contributed by atoms with Crippen LogP contribution in [0.2, 0.25) is 0 Å². The lowest BCUT2D eigenvalue weighted by atomic mass is 10.5. The Morgan fingerprint density at radius 3 is 2.11 bits per heavy atom. The van der Waals surface area contributed by atoms with Crippen molar-refractivity contribution in [2.75, 3.05) is 0 Å². The molecule has 1 N–H and O–H groups in total. The molecule has 9 heavy (non-hydrogen) atoms. The lowest BCUT2D eigenvalue weighted by Gasteiger charge is -1.81. The maximum absolute atomic E-state index is 9.80. The fourth-order valence-corrected chi connectivity index (χ4v) is 0.533. The lowest BCUT2D eigenvalue weighted by Crippen LogP contribution is -2.00. The van der Waals surface area contributed by atoms with E-state index in [1.54, 1.807) is 0 Å². The van der Waals surface area contributed by atoms with Gasteiger partial charge in [0.15, 0.2) is 0 Å². The van der Waals surface area contributed by atoms with Gasteiger partial charge in [0.05, 0.1) is 6.42 Å². The van der Waals surface area contributed by atoms with Gasteiger partial charge < -0.3 is 5.11 Å². The van der Waals surface area contributed by atoms with E-state index in [2.05, 4.69) is 0 Å². The fourth-order valence-electron chi connectivity index (χ4n) is 0.178. The zero-order valence-electron chi connectivity index (χ0n) is 4.17. The molecule has 0 aliphatic carbocycles. The van der Waals surface area contributed by atoms with E-state index in [4.69, 9.17) is 16.7 Å². The third-order valence-corrected chi connectivity index (χ3v) is 1.49. The molecule has 0 fully saturated rings. The molecule has 0 aromatic rings. The predicted octanol–water partition coefficient (Wildman–Crippen LogP) is -0.291. The quantitative estimate of drug-likeness (QED) is 0.457. The van der Waals surface area contributed by atoms with Crippen molar-refractivity contribution in [3.05, 3.63) is 0 Å². The second kappa shape index (κ2) is 3.47. The molecule has 0 saturated carbocycles. The van der Waals surface area contributed by atoms with Crippen LogP contribution in [-0.4, -0.2) is 23.8 Å². The molecular weight excluding hydrogens is 168 g/mol. The van der Waals surface area contributed by atoms with Gasteiger partial charge in [-0.15, -0.1) is 0 Å². The number of aliphatic carboxylic acids is 1. The molecule has 0 amide bonds. The van der Waals surface area contributed by atoms with Crippen molar-refractivity contribution in [2.45, 2.75) is 6.42 Å². The number of carbonyl (C=O) groups is 1. The molecule has 0 unspecified atom stereocenters. The first-order valence-corrected chi connectivity index (χ1v) is 3.31. The van der Waals surface area contributed by atoms with Crippen LogP contribution < -0.4 is 0 Å². The number of hydrogen-bond acceptors (Lipinski definition) is 3. The molecule has 6 heteroatoms. The van der Waals surface area contributed by atoms with E-state index in [1.807, 2.05) is 0 Å². The van der Waals surface area contributed by atoms with E-state index >= 15 is 0 Å². The molecule has 0 atom stereocenters. The summed E-state index contributed by atoms with van der Waals surface area (Å²) in [6, 6.07) is 0. The van der Waals surface area contributed by atoms with Crippen molar-refractivity contribution in [3.63, 3.8) is 0 Å². The first-order chi connectivity index (χ1) is 4.04. The van der Waals surface area contributed by atoms with Gasteiger partial charge in [0, 0.05) is 0 Å². The summed E-state index contributed by atoms with van der Waals surface area (Å²) in [5.74, 6) is -1.26. The zero-order valence-corrected chi connectivity index (χ0v) is 5.74. The number of carboxylic acid groups (broad SMARTS) is 1. The molecule has 0 spiro atoms. The Morgan fingerprint density at radius 2 is 2.00 bits per heavy atom. The lowest BCUT2D eigenvalue weighted by molar-refractivity contribution is -0.135. The van der Waals surface area contributed by atoms with Crippen molar-refractivity contribution in [1.29, 1.82) is 0 Å². The summed E-state index contributed by atoms with van der Waals surface area (Å²) in [5.41, 5.74) is 0. The SMILES string of the molecule is O=C(O)CC(Cl)=S(=O)=O. The smallest absolute Gasteiger partial charge is 0.309 e. The monoisotopic (exact) mass is 170 g/mol. The molecule has 0 heterocycles. The van der Waals surface area contributed by atoms with Crippen LogP contribution >= 0.6 is 11.6 Å². The van der Waals surface area contributed by atoms with Crippen molar-refractivity contribution in [1.82, 2.24) is 0 Å². The van der Waals surface area contributed by atoms with Gasteiger partial charge in [-0.25, -0.2) is 0 Å². The molecule has 0 saturated heterocycles. The summed E-state index contributed by atoms with van der Waals surface area (Å²) < 4.78 is 19.0. The Morgan fingerprint density at radius 1 is 1.56 bits per heavy atom. The number of rotatable bonds is 2. The van der Waals surface area contributed by atoms with Gasteiger partial charge in [-0.2, -0.15) is 8.42 Å². The van der Waals surface area contributed by atoms with Crippen LogP contribution in [0.3, 0.4) is 0 Å². The topological polar surface area (TPSA) is 71.4 Å². The molecule has 0 radical (unpaired) electrons. The molecule has 0 aliphatic heterocycles. The molecule has 4 nitrogen and oxygen atoms in total. The third-order valence-electron chi connectivity index (χ3n) is 0.471. The van der Waals surface area contributed by atoms with Crippen LogP contribution in [0, 0.1) is 0 Å². The average Bonchev–Trinajstić information content (AvgIpc) is 1.63. The van der Waals surface area contributed by atoms with E-state index in [0.29, 0.717) is 0 Å². The van der Waals surface area contributed by atoms with E-state index in [0.717, 1.165) is 0 Å². The Balaban J connectivity index is 4.28. The normalized spacial score (nSPS) is 8.56. The summed E-state index contributed by atoms with van der Waals surface area (Å²) >= 11 is 4.93. The minimum Gasteiger partial charge on any atom is -0.481 e. The van der Waals surface area contributed by atoms with Crippen molar-refractivity contribution in [2.24, 2.45) is 0 Å². The zero-order chi connectivity index (χ0) is 7.44. The van der Waals surface area contributed by atoms with Gasteiger partial charge in [0.1, 0.15) is 4.32 Å². The van der Waals surface area contributed by atoms with Crippen molar-refractivity contribution in [3.8, 4) is 0 Å². The van der Waals surface area contributed by atoms with Gasteiger partial charge >= 0.3 is 5.97 Å². The van der Waals surface area contributed by atoms with Crippen LogP contribution in [0.25, 0.3) is 0 Å². The molecule has 0 bridgehead atoms. The van der Waals surface area contributed by atoms with Crippen LogP contribution in [0.15, 0.2) is 0 Å². The van der Waals surface area contributed by atoms with Crippen molar-refractivity contribution < 1.29 is 18.3 Å². The van der Waals surface area contributed by atoms with Crippen LogP contribution in [-0.2, 0) is 15.1 Å². The van der Waals surface area contributed by atoms with E-state index < -0.39 is 27.0 Å². The summed E-state index contributed by atoms with van der Waals surface area (Å²) in [5, 5.41) is 7.95. The molecule has 52 valence electrons. The molecule has 0 aromatic heterocycles. The highest BCUT2D eigenvalue weighted by molar-refractivity contribution is 7.76. The fraction of sp³-hybridized carbons (Fsp3) is 0.333. The Labute approximate surface area is 57.6 Å². The van der Waals surface area contributed by atoms with Gasteiger partial charge in [-0.3, -0.25) is 4.79 Å². The van der Waals surface area contributed by atoms with Gasteiger partial charge in [-0.05, 0) is 0 Å². The largest absolute Gasteiger partial charge is 0.481 e. The highest BCUT2D eigenvalue weighted by Gasteiger charge is 2.02.